The first kappa shape index (κ1) is 20.1. The van der Waals surface area contributed by atoms with E-state index in [4.69, 9.17) is 4.74 Å². The highest BCUT2D eigenvalue weighted by Gasteiger charge is 2.19. The number of amides is 1. The number of aromatic nitrogens is 2. The van der Waals surface area contributed by atoms with Crippen molar-refractivity contribution >= 4 is 15.9 Å². The molecule has 0 bridgehead atoms. The molecule has 1 aliphatic heterocycles. The minimum absolute atomic E-state index is 0.178. The first-order chi connectivity index (χ1) is 14.4. The lowest BCUT2D eigenvalue weighted by Gasteiger charge is -2.09. The number of ether oxygens (including phenoxy) is 1. The fraction of sp³-hybridized carbons (Fsp3) is 0.238. The summed E-state index contributed by atoms with van der Waals surface area (Å²) in [5.74, 6) is 0.548. The monoisotopic (exact) mass is 426 g/mol. The number of nitrogens with zero attached hydrogens (tertiary/aromatic N) is 2. The van der Waals surface area contributed by atoms with Gasteiger partial charge in [-0.2, -0.15) is 5.10 Å². The molecule has 30 heavy (non-hydrogen) atoms. The zero-order valence-electron chi connectivity index (χ0n) is 16.5. The highest BCUT2D eigenvalue weighted by molar-refractivity contribution is 7.89. The number of nitrogens with one attached hydrogen (secondary N) is 2. The summed E-state index contributed by atoms with van der Waals surface area (Å²) in [6.45, 7) is 1.13. The summed E-state index contributed by atoms with van der Waals surface area (Å²) in [7, 11) is -1.90. The number of aryl methyl sites for hydroxylation is 1. The Kier molecular flexibility index (Phi) is 5.56. The van der Waals surface area contributed by atoms with Gasteiger partial charge in [0.15, 0.2) is 0 Å². The molecular formula is C21H22N4O4S. The number of hydrogen-bond donors (Lipinski definition) is 2. The molecule has 2 aromatic carbocycles. The van der Waals surface area contributed by atoms with Crippen LogP contribution < -0.4 is 14.8 Å². The maximum absolute atomic E-state index is 12.6. The van der Waals surface area contributed by atoms with Crippen molar-refractivity contribution in [3.05, 3.63) is 77.1 Å². The predicted molar refractivity (Wildman–Crippen MR) is 110 cm³/mol. The lowest BCUT2D eigenvalue weighted by atomic mass is 10.1. The number of hydrogen-bond acceptors (Lipinski definition) is 5. The van der Waals surface area contributed by atoms with Gasteiger partial charge in [0, 0.05) is 32.8 Å². The average Bonchev–Trinajstić information content (AvgIpc) is 3.39. The van der Waals surface area contributed by atoms with Gasteiger partial charge in [0.2, 0.25) is 10.0 Å². The van der Waals surface area contributed by atoms with Crippen LogP contribution in [-0.4, -0.2) is 30.7 Å². The van der Waals surface area contributed by atoms with Crippen LogP contribution >= 0.6 is 0 Å². The molecule has 4 rings (SSSR count). The van der Waals surface area contributed by atoms with Crippen molar-refractivity contribution < 1.29 is 17.9 Å². The predicted octanol–water partition coefficient (Wildman–Crippen LogP) is 1.76. The van der Waals surface area contributed by atoms with Gasteiger partial charge in [0.05, 0.1) is 11.5 Å². The van der Waals surface area contributed by atoms with E-state index in [9.17, 15) is 13.2 Å². The van der Waals surface area contributed by atoms with E-state index in [0.29, 0.717) is 18.8 Å². The summed E-state index contributed by atoms with van der Waals surface area (Å²) in [6, 6.07) is 14.0. The van der Waals surface area contributed by atoms with Crippen LogP contribution in [0.4, 0.5) is 0 Å². The molecule has 0 fully saturated rings. The van der Waals surface area contributed by atoms with Crippen molar-refractivity contribution in [3.63, 3.8) is 0 Å². The second-order valence-electron chi connectivity index (χ2n) is 7.03. The molecule has 0 aliphatic carbocycles. The van der Waals surface area contributed by atoms with Crippen LogP contribution in [0.2, 0.25) is 0 Å². The second kappa shape index (κ2) is 8.29. The highest BCUT2D eigenvalue weighted by Crippen LogP contribution is 2.27. The Hall–Kier alpha value is -3.17. The van der Waals surface area contributed by atoms with Gasteiger partial charge in [-0.1, -0.05) is 24.3 Å². The number of sulfonamides is 1. The Morgan fingerprint density at radius 1 is 1.10 bits per heavy atom. The standard InChI is InChI=1S/C21H22N4O4S/c1-25-19(8-10-23-25)21(26)22-13-15-2-4-16(5-3-15)14-24-30(27,28)18-6-7-20-17(12-18)9-11-29-20/h2-8,10,12,24H,9,11,13-14H2,1H3,(H,22,26). The van der Waals surface area contributed by atoms with Gasteiger partial charge in [-0.3, -0.25) is 9.48 Å². The first-order valence-electron chi connectivity index (χ1n) is 9.52. The fourth-order valence-corrected chi connectivity index (χ4v) is 4.30. The van der Waals surface area contributed by atoms with Crippen LogP contribution in [0.1, 0.15) is 27.2 Å². The molecule has 3 aromatic rings. The molecule has 0 atom stereocenters. The van der Waals surface area contributed by atoms with Gasteiger partial charge >= 0.3 is 0 Å². The maximum atomic E-state index is 12.6. The van der Waals surface area contributed by atoms with Crippen LogP contribution in [0.5, 0.6) is 5.75 Å². The highest BCUT2D eigenvalue weighted by atomic mass is 32.2. The minimum atomic E-state index is -3.61. The van der Waals surface area contributed by atoms with Crippen LogP contribution in [0.3, 0.4) is 0 Å². The molecule has 0 unspecified atom stereocenters. The molecule has 2 N–H and O–H groups in total. The van der Waals surface area contributed by atoms with Gasteiger partial charge in [0.25, 0.3) is 5.91 Å². The molecule has 2 heterocycles. The largest absolute Gasteiger partial charge is 0.493 e. The van der Waals surface area contributed by atoms with Gasteiger partial charge < -0.3 is 10.1 Å². The van der Waals surface area contributed by atoms with Crippen molar-refractivity contribution in [2.75, 3.05) is 6.61 Å². The second-order valence-corrected chi connectivity index (χ2v) is 8.80. The Morgan fingerprint density at radius 3 is 2.53 bits per heavy atom. The zero-order chi connectivity index (χ0) is 21.1. The molecule has 1 aromatic heterocycles. The Balaban J connectivity index is 1.33. The molecule has 8 nitrogen and oxygen atoms in total. The third kappa shape index (κ3) is 4.37. The minimum Gasteiger partial charge on any atom is -0.493 e. The van der Waals surface area contributed by atoms with E-state index in [1.165, 1.54) is 4.68 Å². The van der Waals surface area contributed by atoms with E-state index in [1.807, 2.05) is 24.3 Å². The molecule has 1 aliphatic rings. The molecule has 9 heteroatoms. The van der Waals surface area contributed by atoms with Crippen molar-refractivity contribution in [2.24, 2.45) is 7.05 Å². The van der Waals surface area contributed by atoms with Gasteiger partial charge in [-0.25, -0.2) is 13.1 Å². The summed E-state index contributed by atoms with van der Waals surface area (Å²) < 4.78 is 34.7. The van der Waals surface area contributed by atoms with Gasteiger partial charge in [-0.15, -0.1) is 0 Å². The zero-order valence-corrected chi connectivity index (χ0v) is 17.3. The molecule has 0 radical (unpaired) electrons. The molecule has 156 valence electrons. The van der Waals surface area contributed by atoms with Crippen LogP contribution in [0.15, 0.2) is 59.6 Å². The van der Waals surface area contributed by atoms with E-state index in [0.717, 1.165) is 28.9 Å². The lowest BCUT2D eigenvalue weighted by Crippen LogP contribution is -2.25. The van der Waals surface area contributed by atoms with E-state index in [-0.39, 0.29) is 17.3 Å². The summed E-state index contributed by atoms with van der Waals surface area (Å²) in [5.41, 5.74) is 3.13. The van der Waals surface area contributed by atoms with Crippen LogP contribution in [-0.2, 0) is 36.6 Å². The number of carbonyl (C=O) groups excluding carboxylic acids is 1. The van der Waals surface area contributed by atoms with Crippen LogP contribution in [0.25, 0.3) is 0 Å². The smallest absolute Gasteiger partial charge is 0.269 e. The first-order valence-corrected chi connectivity index (χ1v) is 11.0. The van der Waals surface area contributed by atoms with Crippen molar-refractivity contribution in [3.8, 4) is 5.75 Å². The quantitative estimate of drug-likeness (QED) is 0.599. The van der Waals surface area contributed by atoms with Crippen molar-refractivity contribution in [1.29, 1.82) is 0 Å². The Labute approximate surface area is 174 Å². The Bertz CT molecular complexity index is 1170. The molecule has 0 spiro atoms. The van der Waals surface area contributed by atoms with Crippen molar-refractivity contribution in [2.45, 2.75) is 24.4 Å². The average molecular weight is 426 g/mol. The third-order valence-corrected chi connectivity index (χ3v) is 6.37. The van der Waals surface area contributed by atoms with Gasteiger partial charge in [-0.05, 0) is 41.0 Å². The molecule has 1 amide bonds. The number of fused-ring (bicyclic) bond motifs is 1. The van der Waals surface area contributed by atoms with Crippen molar-refractivity contribution in [1.82, 2.24) is 19.8 Å². The normalized spacial score (nSPS) is 13.0. The molecule has 0 saturated heterocycles. The summed E-state index contributed by atoms with van der Waals surface area (Å²) in [5, 5.41) is 6.82. The fourth-order valence-electron chi connectivity index (χ4n) is 3.24. The lowest BCUT2D eigenvalue weighted by molar-refractivity contribution is 0.0941. The maximum Gasteiger partial charge on any atom is 0.269 e. The number of benzene rings is 2. The third-order valence-electron chi connectivity index (χ3n) is 4.97. The summed E-state index contributed by atoms with van der Waals surface area (Å²) in [6.07, 6.45) is 2.29. The van der Waals surface area contributed by atoms with E-state index in [2.05, 4.69) is 15.1 Å². The number of carbonyl (C=O) groups is 1. The number of rotatable bonds is 7. The Morgan fingerprint density at radius 2 is 1.83 bits per heavy atom. The molecular weight excluding hydrogens is 404 g/mol. The topological polar surface area (TPSA) is 102 Å². The van der Waals surface area contributed by atoms with E-state index in [1.54, 1.807) is 37.5 Å². The van der Waals surface area contributed by atoms with E-state index >= 15 is 0 Å². The summed E-state index contributed by atoms with van der Waals surface area (Å²) >= 11 is 0. The molecule has 0 saturated carbocycles. The van der Waals surface area contributed by atoms with E-state index < -0.39 is 10.0 Å². The van der Waals surface area contributed by atoms with Crippen LogP contribution in [0, 0.1) is 0 Å². The van der Waals surface area contributed by atoms with Gasteiger partial charge in [0.1, 0.15) is 11.4 Å². The SMILES string of the molecule is Cn1nccc1C(=O)NCc1ccc(CNS(=O)(=O)c2ccc3c(c2)CCO3)cc1. The summed E-state index contributed by atoms with van der Waals surface area (Å²) in [4.78, 5) is 12.4.